The van der Waals surface area contributed by atoms with Crippen molar-refractivity contribution in [1.29, 1.82) is 0 Å². The minimum Gasteiger partial charge on any atom is -0.312 e. The van der Waals surface area contributed by atoms with Crippen molar-refractivity contribution in [2.24, 2.45) is 0 Å². The molecule has 1 aliphatic heterocycles. The number of nitrogens with zero attached hydrogens (tertiary/aromatic N) is 3. The molecule has 7 heteroatoms. The fraction of sp³-hybridized carbons (Fsp3) is 0.556. The molecular formula is C9H14N4O2S. The van der Waals surface area contributed by atoms with Crippen LogP contribution in [0.15, 0.2) is 23.6 Å². The van der Waals surface area contributed by atoms with E-state index in [-0.39, 0.29) is 11.1 Å². The third kappa shape index (κ3) is 2.21. The topological polar surface area (TPSA) is 75.2 Å². The summed E-state index contributed by atoms with van der Waals surface area (Å²) in [6, 6.07) is 0.167. The first-order chi connectivity index (χ1) is 7.60. The van der Waals surface area contributed by atoms with E-state index in [1.807, 2.05) is 6.92 Å². The molecule has 1 unspecified atom stereocenters. The van der Waals surface area contributed by atoms with Crippen molar-refractivity contribution < 1.29 is 8.42 Å². The van der Waals surface area contributed by atoms with E-state index in [0.717, 1.165) is 0 Å². The molecule has 2 rings (SSSR count). The van der Waals surface area contributed by atoms with Crippen molar-refractivity contribution >= 4 is 10.0 Å². The number of aromatic nitrogens is 2. The summed E-state index contributed by atoms with van der Waals surface area (Å²) in [6.07, 6.45) is 4.12. The van der Waals surface area contributed by atoms with Crippen molar-refractivity contribution in [2.75, 3.05) is 19.6 Å². The van der Waals surface area contributed by atoms with E-state index in [1.54, 1.807) is 0 Å². The maximum Gasteiger partial charge on any atom is 0.262 e. The minimum atomic E-state index is -3.48. The molecule has 0 saturated carbocycles. The summed E-state index contributed by atoms with van der Waals surface area (Å²) in [7, 11) is -3.48. The van der Waals surface area contributed by atoms with Gasteiger partial charge in [0.25, 0.3) is 10.0 Å². The molecule has 1 aromatic rings. The lowest BCUT2D eigenvalue weighted by atomic mass is 10.3. The first kappa shape index (κ1) is 11.4. The highest BCUT2D eigenvalue weighted by molar-refractivity contribution is 7.89. The smallest absolute Gasteiger partial charge is 0.262 e. The van der Waals surface area contributed by atoms with Gasteiger partial charge >= 0.3 is 0 Å². The van der Waals surface area contributed by atoms with Gasteiger partial charge < -0.3 is 5.32 Å². The van der Waals surface area contributed by atoms with Crippen molar-refractivity contribution in [1.82, 2.24) is 19.6 Å². The fourth-order valence-corrected chi connectivity index (χ4v) is 3.07. The second-order valence-corrected chi connectivity index (χ2v) is 5.65. The molecule has 2 heterocycles. The normalized spacial score (nSPS) is 23.2. The summed E-state index contributed by atoms with van der Waals surface area (Å²) in [4.78, 5) is 7.62. The first-order valence-corrected chi connectivity index (χ1v) is 6.54. The standard InChI is InChI=1S/C9H14N4O2S/c1-8-7-13(5-4-11-8)16(14,15)9-6-10-2-3-12-9/h2-3,6,8,11H,4-5,7H2,1H3. The van der Waals surface area contributed by atoms with Crippen LogP contribution in [0.2, 0.25) is 0 Å². The molecule has 0 aromatic carbocycles. The maximum atomic E-state index is 12.1. The van der Waals surface area contributed by atoms with Crippen LogP contribution in [0.4, 0.5) is 0 Å². The molecule has 1 aromatic heterocycles. The third-order valence-electron chi connectivity index (χ3n) is 2.48. The average Bonchev–Trinajstić information content (AvgIpc) is 2.30. The highest BCUT2D eigenvalue weighted by atomic mass is 32.2. The molecule has 0 radical (unpaired) electrons. The second kappa shape index (κ2) is 4.44. The lowest BCUT2D eigenvalue weighted by molar-refractivity contribution is 0.309. The Labute approximate surface area is 94.8 Å². The summed E-state index contributed by atoms with van der Waals surface area (Å²) in [5.41, 5.74) is 0. The van der Waals surface area contributed by atoms with Crippen molar-refractivity contribution in [3.63, 3.8) is 0 Å². The zero-order valence-electron chi connectivity index (χ0n) is 9.00. The molecule has 1 fully saturated rings. The van der Waals surface area contributed by atoms with E-state index in [4.69, 9.17) is 0 Å². The highest BCUT2D eigenvalue weighted by Crippen LogP contribution is 2.13. The number of hydrogen-bond donors (Lipinski definition) is 1. The molecule has 88 valence electrons. The van der Waals surface area contributed by atoms with E-state index >= 15 is 0 Å². The van der Waals surface area contributed by atoms with Gasteiger partial charge in [-0.1, -0.05) is 0 Å². The Morgan fingerprint density at radius 2 is 2.31 bits per heavy atom. The van der Waals surface area contributed by atoms with Crippen LogP contribution in [0.25, 0.3) is 0 Å². The van der Waals surface area contributed by atoms with Crippen LogP contribution in [0, 0.1) is 0 Å². The highest BCUT2D eigenvalue weighted by Gasteiger charge is 2.29. The van der Waals surface area contributed by atoms with E-state index in [9.17, 15) is 8.42 Å². The van der Waals surface area contributed by atoms with Crippen LogP contribution in [0.3, 0.4) is 0 Å². The molecule has 1 aliphatic rings. The molecule has 1 N–H and O–H groups in total. The maximum absolute atomic E-state index is 12.1. The van der Waals surface area contributed by atoms with Gasteiger partial charge in [-0.05, 0) is 6.92 Å². The lowest BCUT2D eigenvalue weighted by Crippen LogP contribution is -2.51. The summed E-state index contributed by atoms with van der Waals surface area (Å²) in [6.45, 7) is 3.57. The predicted molar refractivity (Wildman–Crippen MR) is 58.3 cm³/mol. The third-order valence-corrected chi connectivity index (χ3v) is 4.23. The van der Waals surface area contributed by atoms with Crippen LogP contribution in [0.1, 0.15) is 6.92 Å². The van der Waals surface area contributed by atoms with Crippen molar-refractivity contribution in [2.45, 2.75) is 18.0 Å². The molecule has 16 heavy (non-hydrogen) atoms. The monoisotopic (exact) mass is 242 g/mol. The van der Waals surface area contributed by atoms with Crippen LogP contribution in [-0.4, -0.2) is 48.4 Å². The van der Waals surface area contributed by atoms with E-state index in [2.05, 4.69) is 15.3 Å². The van der Waals surface area contributed by atoms with Crippen LogP contribution in [0.5, 0.6) is 0 Å². The Kier molecular flexibility index (Phi) is 3.17. The van der Waals surface area contributed by atoms with Crippen LogP contribution < -0.4 is 5.32 Å². The molecule has 0 amide bonds. The Morgan fingerprint density at radius 1 is 1.50 bits per heavy atom. The number of nitrogens with one attached hydrogen (secondary N) is 1. The molecular weight excluding hydrogens is 228 g/mol. The summed E-state index contributed by atoms with van der Waals surface area (Å²) >= 11 is 0. The Hall–Kier alpha value is -1.05. The van der Waals surface area contributed by atoms with E-state index < -0.39 is 10.0 Å². The molecule has 0 aliphatic carbocycles. The fourth-order valence-electron chi connectivity index (χ4n) is 1.67. The molecule has 0 spiro atoms. The second-order valence-electron chi connectivity index (χ2n) is 3.76. The molecule has 1 saturated heterocycles. The van der Waals surface area contributed by atoms with Gasteiger partial charge in [-0.15, -0.1) is 0 Å². The zero-order valence-corrected chi connectivity index (χ0v) is 9.81. The van der Waals surface area contributed by atoms with Gasteiger partial charge in [0, 0.05) is 38.1 Å². The van der Waals surface area contributed by atoms with Crippen LogP contribution in [-0.2, 0) is 10.0 Å². The SMILES string of the molecule is CC1CN(S(=O)(=O)c2cnccn2)CCN1. The van der Waals surface area contributed by atoms with Gasteiger partial charge in [0.15, 0.2) is 5.03 Å². The largest absolute Gasteiger partial charge is 0.312 e. The Balaban J connectivity index is 2.26. The van der Waals surface area contributed by atoms with Crippen molar-refractivity contribution in [3.8, 4) is 0 Å². The van der Waals surface area contributed by atoms with Crippen LogP contribution >= 0.6 is 0 Å². The number of sulfonamides is 1. The number of rotatable bonds is 2. The summed E-state index contributed by atoms with van der Waals surface area (Å²) in [5.74, 6) is 0. The molecule has 1 atom stereocenters. The number of hydrogen-bond acceptors (Lipinski definition) is 5. The lowest BCUT2D eigenvalue weighted by Gasteiger charge is -2.30. The molecule has 6 nitrogen and oxygen atoms in total. The molecule has 0 bridgehead atoms. The van der Waals surface area contributed by atoms with Gasteiger partial charge in [-0.25, -0.2) is 13.4 Å². The predicted octanol–water partition coefficient (Wildman–Crippen LogP) is -0.541. The minimum absolute atomic E-state index is 0.0177. The van der Waals surface area contributed by atoms with E-state index in [1.165, 1.54) is 22.9 Å². The summed E-state index contributed by atoms with van der Waals surface area (Å²) < 4.78 is 25.7. The Bertz CT molecular complexity index is 448. The van der Waals surface area contributed by atoms with Crippen molar-refractivity contribution in [3.05, 3.63) is 18.6 Å². The van der Waals surface area contributed by atoms with E-state index in [0.29, 0.717) is 19.6 Å². The zero-order chi connectivity index (χ0) is 11.6. The number of piperazine rings is 1. The first-order valence-electron chi connectivity index (χ1n) is 5.10. The van der Waals surface area contributed by atoms with Gasteiger partial charge in [-0.3, -0.25) is 4.98 Å². The quantitative estimate of drug-likeness (QED) is 0.754. The summed E-state index contributed by atoms with van der Waals surface area (Å²) in [5, 5.41) is 3.21. The van der Waals surface area contributed by atoms with Gasteiger partial charge in [-0.2, -0.15) is 4.31 Å². The van der Waals surface area contributed by atoms with Gasteiger partial charge in [0.05, 0.1) is 6.20 Å². The Morgan fingerprint density at radius 3 is 2.94 bits per heavy atom. The average molecular weight is 242 g/mol. The van der Waals surface area contributed by atoms with Gasteiger partial charge in [0.2, 0.25) is 0 Å². The van der Waals surface area contributed by atoms with Gasteiger partial charge in [0.1, 0.15) is 0 Å².